The van der Waals surface area contributed by atoms with Crippen molar-refractivity contribution in [2.45, 2.75) is 62.8 Å². The highest BCUT2D eigenvalue weighted by Crippen LogP contribution is 2.42. The lowest BCUT2D eigenvalue weighted by molar-refractivity contribution is -0.339. The molecule has 1 saturated heterocycles. The van der Waals surface area contributed by atoms with E-state index >= 15 is 0 Å². The van der Waals surface area contributed by atoms with Crippen molar-refractivity contribution in [2.75, 3.05) is 20.3 Å². The minimum atomic E-state index is -1.60. The van der Waals surface area contributed by atoms with Crippen LogP contribution in [0.1, 0.15) is 29.3 Å². The van der Waals surface area contributed by atoms with Crippen LogP contribution in [0.25, 0.3) is 10.9 Å². The number of rotatable bonds is 7. The fourth-order valence-corrected chi connectivity index (χ4v) is 5.90. The molecule has 0 radical (unpaired) electrons. The molecule has 11 nitrogen and oxygen atoms in total. The van der Waals surface area contributed by atoms with E-state index in [2.05, 4.69) is 42.0 Å². The Morgan fingerprint density at radius 1 is 1.21 bits per heavy atom. The average Bonchev–Trinajstić information content (AvgIpc) is 3.31. The number of carbonyl (C=O) groups excluding carboxylic acids is 1. The first-order valence-electron chi connectivity index (χ1n) is 13.1. The summed E-state index contributed by atoms with van der Waals surface area (Å²) in [4.78, 5) is 16.3. The fourth-order valence-electron chi connectivity index (χ4n) is 5.90. The molecule has 5 rings (SSSR count). The van der Waals surface area contributed by atoms with Crippen molar-refractivity contribution in [1.29, 1.82) is 0 Å². The minimum absolute atomic E-state index is 0.118. The van der Waals surface area contributed by atoms with E-state index in [0.29, 0.717) is 12.0 Å². The molecule has 0 unspecified atom stereocenters. The van der Waals surface area contributed by atoms with Gasteiger partial charge in [-0.2, -0.15) is 0 Å². The van der Waals surface area contributed by atoms with E-state index in [4.69, 9.17) is 18.9 Å². The Labute approximate surface area is 226 Å². The highest BCUT2D eigenvalue weighted by Gasteiger charge is 2.48. The van der Waals surface area contributed by atoms with Crippen LogP contribution in [-0.2, 0) is 30.2 Å². The Balaban J connectivity index is 1.43. The van der Waals surface area contributed by atoms with Gasteiger partial charge in [0.2, 0.25) is 6.29 Å². The van der Waals surface area contributed by atoms with Gasteiger partial charge in [-0.3, -0.25) is 0 Å². The SMILES string of the molecule is C=C[C@H]1[C@H](O[C@@H]2O[C@H](CO)[C@@H](O)[C@H](O)[C@H]2O)OC=C(C(=O)OC)[C@H]1C[C@@H]1NCCc2c1[nH]c1ccc(C)cc21. The highest BCUT2D eigenvalue weighted by molar-refractivity contribution is 5.89. The molecule has 212 valence electrons. The number of aromatic amines is 1. The summed E-state index contributed by atoms with van der Waals surface area (Å²) in [5.74, 6) is -1.56. The Bertz CT molecular complexity index is 1240. The molecule has 1 aromatic carbocycles. The lowest BCUT2D eigenvalue weighted by Gasteiger charge is -2.43. The molecule has 0 spiro atoms. The number of methoxy groups -OCH3 is 1. The molecule has 2 aromatic rings. The number of aliphatic hydroxyl groups excluding tert-OH is 4. The van der Waals surface area contributed by atoms with E-state index in [1.165, 1.54) is 29.9 Å². The number of aliphatic hydroxyl groups is 4. The molecule has 39 heavy (non-hydrogen) atoms. The van der Waals surface area contributed by atoms with Gasteiger partial charge in [0.25, 0.3) is 0 Å². The number of hydrogen-bond donors (Lipinski definition) is 6. The monoisotopic (exact) mass is 544 g/mol. The number of benzene rings is 1. The number of hydrogen-bond acceptors (Lipinski definition) is 10. The molecule has 0 saturated carbocycles. The van der Waals surface area contributed by atoms with E-state index in [0.717, 1.165) is 24.2 Å². The largest absolute Gasteiger partial charge is 0.471 e. The second kappa shape index (κ2) is 11.4. The summed E-state index contributed by atoms with van der Waals surface area (Å²) in [5.41, 5.74) is 4.86. The first-order valence-corrected chi connectivity index (χ1v) is 13.1. The van der Waals surface area contributed by atoms with E-state index in [1.807, 2.05) is 0 Å². The second-order valence-corrected chi connectivity index (χ2v) is 10.4. The third-order valence-corrected chi connectivity index (χ3v) is 8.02. The lowest BCUT2D eigenvalue weighted by atomic mass is 9.78. The zero-order valence-corrected chi connectivity index (χ0v) is 21.9. The van der Waals surface area contributed by atoms with Gasteiger partial charge in [-0.25, -0.2) is 4.79 Å². The molecule has 9 atom stereocenters. The van der Waals surface area contributed by atoms with E-state index < -0.39 is 61.4 Å². The molecule has 0 bridgehead atoms. The number of fused-ring (bicyclic) bond motifs is 3. The Kier molecular flexibility index (Phi) is 8.11. The van der Waals surface area contributed by atoms with Crippen molar-refractivity contribution in [2.24, 2.45) is 11.8 Å². The van der Waals surface area contributed by atoms with Crippen LogP contribution in [0.5, 0.6) is 0 Å². The van der Waals surface area contributed by atoms with E-state index in [-0.39, 0.29) is 6.04 Å². The van der Waals surface area contributed by atoms with Crippen molar-refractivity contribution in [3.63, 3.8) is 0 Å². The number of carbonyl (C=O) groups is 1. The van der Waals surface area contributed by atoms with Gasteiger partial charge < -0.3 is 49.7 Å². The maximum atomic E-state index is 12.8. The van der Waals surface area contributed by atoms with Gasteiger partial charge in [-0.1, -0.05) is 17.7 Å². The van der Waals surface area contributed by atoms with Crippen molar-refractivity contribution in [1.82, 2.24) is 10.3 Å². The van der Waals surface area contributed by atoms with Crippen LogP contribution in [0.2, 0.25) is 0 Å². The number of nitrogens with one attached hydrogen (secondary N) is 2. The van der Waals surface area contributed by atoms with Crippen LogP contribution in [0.3, 0.4) is 0 Å². The number of aryl methyl sites for hydroxylation is 1. The van der Waals surface area contributed by atoms with Crippen LogP contribution >= 0.6 is 0 Å². The molecule has 0 amide bonds. The van der Waals surface area contributed by atoms with Crippen molar-refractivity contribution in [3.8, 4) is 0 Å². The first-order chi connectivity index (χ1) is 18.8. The summed E-state index contributed by atoms with van der Waals surface area (Å²) in [6.07, 6.45) is -4.03. The smallest absolute Gasteiger partial charge is 0.337 e. The Morgan fingerprint density at radius 3 is 2.72 bits per heavy atom. The molecular formula is C28H36N2O9. The van der Waals surface area contributed by atoms with Gasteiger partial charge in [0.1, 0.15) is 24.4 Å². The van der Waals surface area contributed by atoms with Crippen LogP contribution in [-0.4, -0.2) is 88.6 Å². The third-order valence-electron chi connectivity index (χ3n) is 8.02. The maximum absolute atomic E-state index is 12.8. The number of H-pyrrole nitrogens is 1. The van der Waals surface area contributed by atoms with Crippen molar-refractivity contribution < 1.29 is 44.2 Å². The van der Waals surface area contributed by atoms with Crippen LogP contribution < -0.4 is 5.32 Å². The fraction of sp³-hybridized carbons (Fsp3) is 0.536. The zero-order chi connectivity index (χ0) is 27.8. The molecule has 3 aliphatic rings. The van der Waals surface area contributed by atoms with Gasteiger partial charge in [-0.15, -0.1) is 6.58 Å². The topological polar surface area (TPSA) is 163 Å². The Morgan fingerprint density at radius 2 is 2.00 bits per heavy atom. The quantitative estimate of drug-likeness (QED) is 0.216. The first kappa shape index (κ1) is 27.8. The van der Waals surface area contributed by atoms with Gasteiger partial charge >= 0.3 is 5.97 Å². The van der Waals surface area contributed by atoms with Gasteiger partial charge in [-0.05, 0) is 44.0 Å². The summed E-state index contributed by atoms with van der Waals surface area (Å²) in [5, 5.41) is 45.1. The highest BCUT2D eigenvalue weighted by atomic mass is 16.8. The zero-order valence-electron chi connectivity index (χ0n) is 21.9. The predicted molar refractivity (Wildman–Crippen MR) is 139 cm³/mol. The third kappa shape index (κ3) is 5.11. The van der Waals surface area contributed by atoms with Gasteiger partial charge in [0.15, 0.2) is 6.29 Å². The normalized spacial score (nSPS) is 34.6. The number of aromatic nitrogens is 1. The maximum Gasteiger partial charge on any atom is 0.337 e. The van der Waals surface area contributed by atoms with Gasteiger partial charge in [0.05, 0.1) is 25.6 Å². The van der Waals surface area contributed by atoms with E-state index in [9.17, 15) is 25.2 Å². The molecule has 3 aliphatic heterocycles. The van der Waals surface area contributed by atoms with E-state index in [1.54, 1.807) is 6.08 Å². The van der Waals surface area contributed by atoms with Crippen LogP contribution in [0.4, 0.5) is 0 Å². The predicted octanol–water partition coefficient (Wildman–Crippen LogP) is 0.701. The molecular weight excluding hydrogens is 508 g/mol. The standard InChI is InChI=1S/C28H36N2O9/c1-4-14-16(10-20-22-15(7-8-29-20)17-9-13(2)5-6-19(17)30-22)18(26(35)36-3)12-37-27(14)39-28-25(34)24(33)23(32)21(11-31)38-28/h4-6,9,12,14,16,20-21,23-25,27-34H,1,7-8,10-11H2,2-3H3/t14-,16+,20+,21-,23-,24+,25-,27+,28+/m1/s1. The summed E-state index contributed by atoms with van der Waals surface area (Å²) in [7, 11) is 1.30. The molecule has 4 heterocycles. The summed E-state index contributed by atoms with van der Waals surface area (Å²) < 4.78 is 22.3. The molecule has 6 N–H and O–H groups in total. The molecule has 11 heteroatoms. The summed E-state index contributed by atoms with van der Waals surface area (Å²) >= 11 is 0. The molecule has 1 fully saturated rings. The average molecular weight is 545 g/mol. The van der Waals surface area contributed by atoms with Crippen LogP contribution in [0.15, 0.2) is 42.7 Å². The molecule has 1 aromatic heterocycles. The van der Waals surface area contributed by atoms with Crippen LogP contribution in [0, 0.1) is 18.8 Å². The Hall–Kier alpha value is -2.77. The minimum Gasteiger partial charge on any atom is -0.471 e. The summed E-state index contributed by atoms with van der Waals surface area (Å²) in [6, 6.07) is 6.20. The second-order valence-electron chi connectivity index (χ2n) is 10.4. The number of ether oxygens (including phenoxy) is 4. The number of esters is 1. The van der Waals surface area contributed by atoms with Crippen molar-refractivity contribution in [3.05, 3.63) is 59.5 Å². The molecule has 0 aliphatic carbocycles. The summed E-state index contributed by atoms with van der Waals surface area (Å²) in [6.45, 7) is 6.20. The van der Waals surface area contributed by atoms with Crippen molar-refractivity contribution >= 4 is 16.9 Å². The van der Waals surface area contributed by atoms with Gasteiger partial charge in [0, 0.05) is 34.5 Å². The lowest BCUT2D eigenvalue weighted by Crippen LogP contribution is -2.60.